The van der Waals surface area contributed by atoms with Gasteiger partial charge < -0.3 is 21.1 Å². The molecule has 21 heavy (non-hydrogen) atoms. The van der Waals surface area contributed by atoms with Crippen LogP contribution in [0.15, 0.2) is 18.2 Å². The Kier molecular flexibility index (Phi) is 5.35. The molecule has 6 nitrogen and oxygen atoms in total. The molecule has 0 saturated carbocycles. The van der Waals surface area contributed by atoms with Crippen molar-refractivity contribution in [3.05, 3.63) is 18.2 Å². The molecule has 1 aromatic carbocycles. The molecule has 7 heteroatoms. The molecular formula is C14H20N4O2S. The number of aromatic nitrogens is 1. The third-order valence-corrected chi connectivity index (χ3v) is 4.05. The highest BCUT2D eigenvalue weighted by atomic mass is 32.1. The fourth-order valence-corrected chi connectivity index (χ4v) is 2.70. The number of nitrogens with two attached hydrogens (primary N) is 1. The normalized spacial score (nSPS) is 12.1. The van der Waals surface area contributed by atoms with Crippen molar-refractivity contribution in [1.29, 1.82) is 0 Å². The van der Waals surface area contributed by atoms with E-state index >= 15 is 0 Å². The Morgan fingerprint density at radius 2 is 2.29 bits per heavy atom. The number of rotatable bonds is 7. The lowest BCUT2D eigenvalue weighted by molar-refractivity contribution is -0.122. The molecule has 0 aliphatic carbocycles. The SMILES string of the molecule is CC[C@H](N)C(=O)NCCNc1nc2ccc(OC)cc2s1. The molecule has 0 aliphatic rings. The number of anilines is 1. The average Bonchev–Trinajstić information content (AvgIpc) is 2.91. The Balaban J connectivity index is 1.85. The van der Waals surface area contributed by atoms with Crippen molar-refractivity contribution in [3.63, 3.8) is 0 Å². The molecule has 0 fully saturated rings. The van der Waals surface area contributed by atoms with Gasteiger partial charge in [-0.3, -0.25) is 4.79 Å². The number of carbonyl (C=O) groups excluding carboxylic acids is 1. The standard InChI is InChI=1S/C14H20N4O2S/c1-3-10(15)13(19)16-6-7-17-14-18-11-5-4-9(20-2)8-12(11)21-14/h4-5,8,10H,3,6-7,15H2,1-2H3,(H,16,19)(H,17,18)/t10-/m0/s1. The van der Waals surface area contributed by atoms with E-state index in [1.807, 2.05) is 25.1 Å². The highest BCUT2D eigenvalue weighted by molar-refractivity contribution is 7.22. The maximum atomic E-state index is 11.5. The topological polar surface area (TPSA) is 89.3 Å². The van der Waals surface area contributed by atoms with Crippen molar-refractivity contribution >= 4 is 32.6 Å². The molecule has 2 rings (SSSR count). The zero-order chi connectivity index (χ0) is 15.2. The van der Waals surface area contributed by atoms with Crippen molar-refractivity contribution in [3.8, 4) is 5.75 Å². The Morgan fingerprint density at radius 1 is 1.48 bits per heavy atom. The first-order valence-corrected chi connectivity index (χ1v) is 7.67. The second kappa shape index (κ2) is 7.24. The number of ether oxygens (including phenoxy) is 1. The molecule has 1 amide bonds. The lowest BCUT2D eigenvalue weighted by Crippen LogP contribution is -2.41. The quantitative estimate of drug-likeness (QED) is 0.676. The van der Waals surface area contributed by atoms with Crippen molar-refractivity contribution in [1.82, 2.24) is 10.3 Å². The van der Waals surface area contributed by atoms with E-state index in [-0.39, 0.29) is 5.91 Å². The van der Waals surface area contributed by atoms with E-state index in [0.717, 1.165) is 21.1 Å². The third-order valence-electron chi connectivity index (χ3n) is 3.07. The monoisotopic (exact) mass is 308 g/mol. The summed E-state index contributed by atoms with van der Waals surface area (Å²) < 4.78 is 6.25. The molecule has 2 aromatic rings. The molecular weight excluding hydrogens is 288 g/mol. The van der Waals surface area contributed by atoms with Crippen LogP contribution in [0.4, 0.5) is 5.13 Å². The van der Waals surface area contributed by atoms with Gasteiger partial charge in [-0.05, 0) is 24.6 Å². The van der Waals surface area contributed by atoms with Crippen LogP contribution in [0.25, 0.3) is 10.2 Å². The zero-order valence-electron chi connectivity index (χ0n) is 12.2. The summed E-state index contributed by atoms with van der Waals surface area (Å²) in [5.74, 6) is 0.701. The summed E-state index contributed by atoms with van der Waals surface area (Å²) in [6, 6.07) is 5.34. The molecule has 4 N–H and O–H groups in total. The zero-order valence-corrected chi connectivity index (χ0v) is 13.0. The van der Waals surface area contributed by atoms with Crippen molar-refractivity contribution in [2.45, 2.75) is 19.4 Å². The molecule has 114 valence electrons. The van der Waals surface area contributed by atoms with E-state index in [2.05, 4.69) is 15.6 Å². The van der Waals surface area contributed by atoms with Gasteiger partial charge in [0.05, 0.1) is 23.4 Å². The summed E-state index contributed by atoms with van der Waals surface area (Å²) >= 11 is 1.56. The fourth-order valence-electron chi connectivity index (χ4n) is 1.78. The Morgan fingerprint density at radius 3 is 3.00 bits per heavy atom. The number of fused-ring (bicyclic) bond motifs is 1. The van der Waals surface area contributed by atoms with E-state index < -0.39 is 6.04 Å². The first-order valence-electron chi connectivity index (χ1n) is 6.85. The van der Waals surface area contributed by atoms with Crippen LogP contribution in [0.3, 0.4) is 0 Å². The van der Waals surface area contributed by atoms with Crippen LogP contribution < -0.4 is 21.1 Å². The third kappa shape index (κ3) is 4.05. The minimum atomic E-state index is -0.431. The Bertz CT molecular complexity index is 614. The van der Waals surface area contributed by atoms with Crippen LogP contribution in [-0.2, 0) is 4.79 Å². The van der Waals surface area contributed by atoms with Crippen molar-refractivity contribution < 1.29 is 9.53 Å². The van der Waals surface area contributed by atoms with E-state index in [9.17, 15) is 4.79 Å². The summed E-state index contributed by atoms with van der Waals surface area (Å²) in [5, 5.41) is 6.81. The van der Waals surface area contributed by atoms with E-state index in [1.54, 1.807) is 18.4 Å². The molecule has 0 aliphatic heterocycles. The van der Waals surface area contributed by atoms with Crippen LogP contribution in [0, 0.1) is 0 Å². The van der Waals surface area contributed by atoms with Gasteiger partial charge in [-0.25, -0.2) is 4.98 Å². The lowest BCUT2D eigenvalue weighted by atomic mass is 10.2. The highest BCUT2D eigenvalue weighted by Gasteiger charge is 2.09. The number of thiazole rings is 1. The lowest BCUT2D eigenvalue weighted by Gasteiger charge is -2.09. The Labute approximate surface area is 127 Å². The minimum Gasteiger partial charge on any atom is -0.497 e. The predicted molar refractivity (Wildman–Crippen MR) is 85.9 cm³/mol. The van der Waals surface area contributed by atoms with Gasteiger partial charge in [0.2, 0.25) is 5.91 Å². The van der Waals surface area contributed by atoms with Crippen molar-refractivity contribution in [2.75, 3.05) is 25.5 Å². The van der Waals surface area contributed by atoms with Crippen LogP contribution in [0.1, 0.15) is 13.3 Å². The van der Waals surface area contributed by atoms with Crippen molar-refractivity contribution in [2.24, 2.45) is 5.73 Å². The number of amides is 1. The maximum Gasteiger partial charge on any atom is 0.236 e. The molecule has 1 heterocycles. The number of nitrogens with zero attached hydrogens (tertiary/aromatic N) is 1. The second-order valence-electron chi connectivity index (χ2n) is 4.59. The van der Waals surface area contributed by atoms with Gasteiger partial charge in [0.15, 0.2) is 5.13 Å². The van der Waals surface area contributed by atoms with Crippen LogP contribution in [-0.4, -0.2) is 37.1 Å². The summed E-state index contributed by atoms with van der Waals surface area (Å²) in [4.78, 5) is 16.0. The largest absolute Gasteiger partial charge is 0.497 e. The van der Waals surface area contributed by atoms with Crippen LogP contribution in [0.5, 0.6) is 5.75 Å². The van der Waals surface area contributed by atoms with Gasteiger partial charge in [0, 0.05) is 13.1 Å². The van der Waals surface area contributed by atoms with Gasteiger partial charge >= 0.3 is 0 Å². The summed E-state index contributed by atoms with van der Waals surface area (Å²) in [6.07, 6.45) is 0.638. The average molecular weight is 308 g/mol. The highest BCUT2D eigenvalue weighted by Crippen LogP contribution is 2.28. The Hall–Kier alpha value is -1.86. The minimum absolute atomic E-state index is 0.117. The summed E-state index contributed by atoms with van der Waals surface area (Å²) in [7, 11) is 1.64. The van der Waals surface area contributed by atoms with E-state index in [4.69, 9.17) is 10.5 Å². The van der Waals surface area contributed by atoms with Gasteiger partial charge in [-0.2, -0.15) is 0 Å². The molecule has 0 saturated heterocycles. The molecule has 0 radical (unpaired) electrons. The molecule has 0 spiro atoms. The second-order valence-corrected chi connectivity index (χ2v) is 5.62. The van der Waals surface area contributed by atoms with Crippen LogP contribution in [0.2, 0.25) is 0 Å². The fraction of sp³-hybridized carbons (Fsp3) is 0.429. The molecule has 1 atom stereocenters. The van der Waals surface area contributed by atoms with Crippen LogP contribution >= 0.6 is 11.3 Å². The number of carbonyl (C=O) groups is 1. The van der Waals surface area contributed by atoms with Gasteiger partial charge in [-0.1, -0.05) is 18.3 Å². The molecule has 1 aromatic heterocycles. The maximum absolute atomic E-state index is 11.5. The van der Waals surface area contributed by atoms with Gasteiger partial charge in [0.1, 0.15) is 5.75 Å². The predicted octanol–water partition coefficient (Wildman–Crippen LogP) is 1.57. The van der Waals surface area contributed by atoms with E-state index in [1.165, 1.54) is 0 Å². The number of hydrogen-bond donors (Lipinski definition) is 3. The molecule has 0 unspecified atom stereocenters. The molecule has 0 bridgehead atoms. The summed E-state index contributed by atoms with van der Waals surface area (Å²) in [5.41, 5.74) is 6.56. The summed E-state index contributed by atoms with van der Waals surface area (Å²) in [6.45, 7) is 3.02. The number of benzene rings is 1. The number of nitrogens with one attached hydrogen (secondary N) is 2. The smallest absolute Gasteiger partial charge is 0.236 e. The number of hydrogen-bond acceptors (Lipinski definition) is 6. The van der Waals surface area contributed by atoms with Gasteiger partial charge in [0.25, 0.3) is 0 Å². The number of methoxy groups -OCH3 is 1. The first kappa shape index (κ1) is 15.5. The first-order chi connectivity index (χ1) is 10.1. The van der Waals surface area contributed by atoms with Gasteiger partial charge in [-0.15, -0.1) is 0 Å². The van der Waals surface area contributed by atoms with E-state index in [0.29, 0.717) is 19.5 Å².